The molecule has 0 saturated carbocycles. The second kappa shape index (κ2) is 10.2. The molecule has 1 aromatic heterocycles. The van der Waals surface area contributed by atoms with Gasteiger partial charge in [0.15, 0.2) is 0 Å². The third-order valence-electron chi connectivity index (χ3n) is 5.54. The molecule has 1 fully saturated rings. The van der Waals surface area contributed by atoms with E-state index in [0.717, 1.165) is 18.4 Å². The largest absolute Gasteiger partial charge is 0.497 e. The number of methoxy groups -OCH3 is 1. The number of aromatic nitrogens is 1. The molecule has 0 radical (unpaired) electrons. The van der Waals surface area contributed by atoms with E-state index in [1.807, 2.05) is 18.3 Å². The number of amides is 2. The van der Waals surface area contributed by atoms with Gasteiger partial charge in [0.1, 0.15) is 11.6 Å². The Labute approximate surface area is 176 Å². The number of nitrogens with zero attached hydrogens (tertiary/aromatic N) is 1. The summed E-state index contributed by atoms with van der Waals surface area (Å²) in [4.78, 5) is 28.3. The summed E-state index contributed by atoms with van der Waals surface area (Å²) in [5.74, 6) is -0.0288. The average molecular weight is 413 g/mol. The molecule has 1 aliphatic heterocycles. The Hall–Kier alpha value is -2.96. The van der Waals surface area contributed by atoms with Crippen molar-refractivity contribution in [2.75, 3.05) is 13.7 Å². The lowest BCUT2D eigenvalue weighted by Gasteiger charge is -2.29. The van der Waals surface area contributed by atoms with Crippen LogP contribution in [0, 0.1) is 5.82 Å². The van der Waals surface area contributed by atoms with Gasteiger partial charge < -0.3 is 15.4 Å². The summed E-state index contributed by atoms with van der Waals surface area (Å²) in [7, 11) is 1.49. The minimum absolute atomic E-state index is 0.0548. The Balaban J connectivity index is 1.51. The third-order valence-corrected chi connectivity index (χ3v) is 5.54. The highest BCUT2D eigenvalue weighted by Gasteiger charge is 2.38. The van der Waals surface area contributed by atoms with Crippen LogP contribution in [0.15, 0.2) is 42.7 Å². The van der Waals surface area contributed by atoms with Gasteiger partial charge in [-0.3, -0.25) is 14.6 Å². The molecule has 3 rings (SSSR count). The van der Waals surface area contributed by atoms with E-state index >= 15 is 0 Å². The maximum atomic E-state index is 14.4. The lowest BCUT2D eigenvalue weighted by Crippen LogP contribution is -2.44. The van der Waals surface area contributed by atoms with Crippen molar-refractivity contribution >= 4 is 11.8 Å². The van der Waals surface area contributed by atoms with Crippen LogP contribution in [0.5, 0.6) is 5.75 Å². The van der Waals surface area contributed by atoms with Crippen LogP contribution in [-0.4, -0.2) is 36.0 Å². The molecule has 1 aliphatic rings. The van der Waals surface area contributed by atoms with Crippen LogP contribution in [0.25, 0.3) is 0 Å². The number of ether oxygens (including phenoxy) is 1. The SMILES string of the molecule is COc1ccc(CC2(CCC(=O)NCCCc3cccnc3)CCC(=O)N2)c(F)c1. The molecule has 7 heteroatoms. The zero-order chi connectivity index (χ0) is 21.4. The Morgan fingerprint density at radius 3 is 2.90 bits per heavy atom. The molecular formula is C23H28FN3O3. The van der Waals surface area contributed by atoms with Crippen LogP contribution in [-0.2, 0) is 22.4 Å². The summed E-state index contributed by atoms with van der Waals surface area (Å²) in [6.45, 7) is 0.584. The van der Waals surface area contributed by atoms with Crippen molar-refractivity contribution in [3.63, 3.8) is 0 Å². The molecule has 30 heavy (non-hydrogen) atoms. The number of rotatable bonds is 10. The van der Waals surface area contributed by atoms with E-state index in [4.69, 9.17) is 4.74 Å². The van der Waals surface area contributed by atoms with Crippen molar-refractivity contribution in [1.82, 2.24) is 15.6 Å². The Kier molecular flexibility index (Phi) is 7.38. The van der Waals surface area contributed by atoms with E-state index in [0.29, 0.717) is 43.5 Å². The first-order valence-corrected chi connectivity index (χ1v) is 10.3. The van der Waals surface area contributed by atoms with Crippen molar-refractivity contribution in [3.8, 4) is 5.75 Å². The predicted molar refractivity (Wildman–Crippen MR) is 112 cm³/mol. The van der Waals surface area contributed by atoms with Gasteiger partial charge in [0.2, 0.25) is 11.8 Å². The van der Waals surface area contributed by atoms with Crippen molar-refractivity contribution in [2.45, 2.75) is 50.5 Å². The van der Waals surface area contributed by atoms with E-state index in [1.54, 1.807) is 18.3 Å². The first-order valence-electron chi connectivity index (χ1n) is 10.3. The fraction of sp³-hybridized carbons (Fsp3) is 0.435. The summed E-state index contributed by atoms with van der Waals surface area (Å²) in [6.07, 6.45) is 7.33. The van der Waals surface area contributed by atoms with Crippen LogP contribution in [0.2, 0.25) is 0 Å². The predicted octanol–water partition coefficient (Wildman–Crippen LogP) is 2.95. The third kappa shape index (κ3) is 6.02. The van der Waals surface area contributed by atoms with Crippen molar-refractivity contribution in [2.24, 2.45) is 0 Å². The van der Waals surface area contributed by atoms with E-state index in [9.17, 15) is 14.0 Å². The van der Waals surface area contributed by atoms with Gasteiger partial charge in [-0.1, -0.05) is 12.1 Å². The number of pyridine rings is 1. The van der Waals surface area contributed by atoms with Gasteiger partial charge in [0, 0.05) is 43.4 Å². The number of benzene rings is 1. The molecule has 2 aromatic rings. The second-order valence-corrected chi connectivity index (χ2v) is 7.78. The fourth-order valence-corrected chi connectivity index (χ4v) is 3.85. The van der Waals surface area contributed by atoms with Crippen LogP contribution in [0.1, 0.15) is 43.2 Å². The molecule has 1 unspecified atom stereocenters. The number of carbonyl (C=O) groups is 2. The van der Waals surface area contributed by atoms with Gasteiger partial charge in [0.05, 0.1) is 7.11 Å². The molecule has 1 saturated heterocycles. The minimum Gasteiger partial charge on any atom is -0.497 e. The fourth-order valence-electron chi connectivity index (χ4n) is 3.85. The summed E-state index contributed by atoms with van der Waals surface area (Å²) in [6, 6.07) is 8.64. The van der Waals surface area contributed by atoms with E-state index in [1.165, 1.54) is 13.2 Å². The molecule has 0 bridgehead atoms. The maximum Gasteiger partial charge on any atom is 0.220 e. The number of halogens is 1. The lowest BCUT2D eigenvalue weighted by atomic mass is 9.84. The summed E-state index contributed by atoms with van der Waals surface area (Å²) < 4.78 is 19.5. The second-order valence-electron chi connectivity index (χ2n) is 7.78. The van der Waals surface area contributed by atoms with Crippen molar-refractivity contribution in [3.05, 3.63) is 59.7 Å². The van der Waals surface area contributed by atoms with E-state index < -0.39 is 5.54 Å². The number of hydrogen-bond donors (Lipinski definition) is 2. The number of hydrogen-bond acceptors (Lipinski definition) is 4. The van der Waals surface area contributed by atoms with Gasteiger partial charge in [-0.15, -0.1) is 0 Å². The standard InChI is InChI=1S/C23H28FN3O3/c1-30-19-7-6-18(20(24)14-19)15-23(11-9-22(29)27-23)10-8-21(28)26-13-3-5-17-4-2-12-25-16-17/h2,4,6-7,12,14,16H,3,5,8-11,13,15H2,1H3,(H,26,28)(H,27,29). The lowest BCUT2D eigenvalue weighted by molar-refractivity contribution is -0.122. The molecular weight excluding hydrogens is 385 g/mol. The minimum atomic E-state index is -0.598. The van der Waals surface area contributed by atoms with Gasteiger partial charge in [-0.05, 0) is 55.4 Å². The van der Waals surface area contributed by atoms with Crippen LogP contribution in [0.3, 0.4) is 0 Å². The van der Waals surface area contributed by atoms with Crippen LogP contribution in [0.4, 0.5) is 4.39 Å². The maximum absolute atomic E-state index is 14.4. The molecule has 0 aliphatic carbocycles. The topological polar surface area (TPSA) is 80.3 Å². The molecule has 6 nitrogen and oxygen atoms in total. The van der Waals surface area contributed by atoms with Gasteiger partial charge in [0.25, 0.3) is 0 Å². The Bertz CT molecular complexity index is 875. The normalized spacial score (nSPS) is 18.1. The highest BCUT2D eigenvalue weighted by Crippen LogP contribution is 2.31. The highest BCUT2D eigenvalue weighted by atomic mass is 19.1. The van der Waals surface area contributed by atoms with E-state index in [-0.39, 0.29) is 24.1 Å². The highest BCUT2D eigenvalue weighted by molar-refractivity contribution is 5.80. The smallest absolute Gasteiger partial charge is 0.220 e. The van der Waals surface area contributed by atoms with E-state index in [2.05, 4.69) is 15.6 Å². The number of carbonyl (C=O) groups excluding carboxylic acids is 2. The van der Waals surface area contributed by atoms with Crippen molar-refractivity contribution in [1.29, 1.82) is 0 Å². The average Bonchev–Trinajstić information content (AvgIpc) is 3.12. The van der Waals surface area contributed by atoms with Gasteiger partial charge >= 0.3 is 0 Å². The van der Waals surface area contributed by atoms with Crippen LogP contribution >= 0.6 is 0 Å². The first kappa shape index (κ1) is 21.7. The van der Waals surface area contributed by atoms with Gasteiger partial charge in [-0.2, -0.15) is 0 Å². The summed E-state index contributed by atoms with van der Waals surface area (Å²) in [5, 5.41) is 5.92. The Morgan fingerprint density at radius 1 is 1.37 bits per heavy atom. The number of nitrogens with one attached hydrogen (secondary N) is 2. The first-order chi connectivity index (χ1) is 14.5. The van der Waals surface area contributed by atoms with Crippen molar-refractivity contribution < 1.29 is 18.7 Å². The van der Waals surface area contributed by atoms with Gasteiger partial charge in [-0.25, -0.2) is 4.39 Å². The summed E-state index contributed by atoms with van der Waals surface area (Å²) >= 11 is 0. The molecule has 160 valence electrons. The monoisotopic (exact) mass is 413 g/mol. The number of aryl methyl sites for hydroxylation is 1. The molecule has 2 amide bonds. The molecule has 2 heterocycles. The molecule has 0 spiro atoms. The zero-order valence-corrected chi connectivity index (χ0v) is 17.2. The van der Waals surface area contributed by atoms with Crippen LogP contribution < -0.4 is 15.4 Å². The summed E-state index contributed by atoms with van der Waals surface area (Å²) in [5.41, 5.74) is 1.05. The Morgan fingerprint density at radius 2 is 2.23 bits per heavy atom. The quantitative estimate of drug-likeness (QED) is 0.587. The zero-order valence-electron chi connectivity index (χ0n) is 17.2. The molecule has 1 atom stereocenters. The molecule has 1 aromatic carbocycles. The molecule has 2 N–H and O–H groups in total.